The van der Waals surface area contributed by atoms with Crippen LogP contribution in [0.15, 0.2) is 12.2 Å². The predicted molar refractivity (Wildman–Crippen MR) is 49.6 cm³/mol. The highest BCUT2D eigenvalue weighted by Gasteiger charge is 2.47. The molecule has 0 aromatic heterocycles. The lowest BCUT2D eigenvalue weighted by Crippen LogP contribution is -2.43. The van der Waals surface area contributed by atoms with Gasteiger partial charge < -0.3 is 4.74 Å². The van der Waals surface area contributed by atoms with E-state index in [0.29, 0.717) is 6.42 Å². The summed E-state index contributed by atoms with van der Waals surface area (Å²) in [4.78, 5) is 24.9. The van der Waals surface area contributed by atoms with Crippen LogP contribution in [-0.4, -0.2) is 42.9 Å². The number of nitrogens with zero attached hydrogens (tertiary/aromatic N) is 1. The van der Waals surface area contributed by atoms with Crippen molar-refractivity contribution >= 4 is 11.8 Å². The van der Waals surface area contributed by atoms with Crippen LogP contribution in [0.1, 0.15) is 6.42 Å². The number of ether oxygens (including phenoxy) is 1. The molecule has 4 nitrogen and oxygen atoms in total. The molecule has 2 aliphatic heterocycles. The number of likely N-dealkylation sites (N-methyl/N-ethyl adjacent to an activating group) is 1. The van der Waals surface area contributed by atoms with Gasteiger partial charge in [-0.05, 0) is 19.5 Å². The first-order chi connectivity index (χ1) is 6.65. The number of carbonyl (C=O) groups is 2. The molecule has 0 aromatic rings. The van der Waals surface area contributed by atoms with E-state index in [9.17, 15) is 9.59 Å². The first-order valence-corrected chi connectivity index (χ1v) is 4.67. The zero-order valence-corrected chi connectivity index (χ0v) is 8.27. The van der Waals surface area contributed by atoms with Crippen LogP contribution >= 0.6 is 0 Å². The standard InChI is InChI=1S/C10H13NO3/c1-11-6-3-4-8(12)9(11)7(5-6)10(13)14-2/h3-4,6-7,9H,5H2,1-2H3/t6-,7+,9-/m1/s1. The van der Waals surface area contributed by atoms with Gasteiger partial charge in [0.05, 0.1) is 19.1 Å². The summed E-state index contributed by atoms with van der Waals surface area (Å²) in [6.07, 6.45) is 4.14. The van der Waals surface area contributed by atoms with Crippen molar-refractivity contribution in [3.63, 3.8) is 0 Å². The van der Waals surface area contributed by atoms with Gasteiger partial charge in [-0.25, -0.2) is 0 Å². The van der Waals surface area contributed by atoms with Gasteiger partial charge in [0, 0.05) is 6.04 Å². The van der Waals surface area contributed by atoms with Gasteiger partial charge in [0.25, 0.3) is 0 Å². The monoisotopic (exact) mass is 195 g/mol. The minimum atomic E-state index is -0.308. The highest BCUT2D eigenvalue weighted by atomic mass is 16.5. The second-order valence-electron chi connectivity index (χ2n) is 3.80. The second kappa shape index (κ2) is 3.20. The Kier molecular flexibility index (Phi) is 2.15. The van der Waals surface area contributed by atoms with Crippen LogP contribution in [0, 0.1) is 5.92 Å². The number of hydrogen-bond donors (Lipinski definition) is 0. The summed E-state index contributed by atoms with van der Waals surface area (Å²) in [7, 11) is 3.24. The molecule has 2 heterocycles. The molecular weight excluding hydrogens is 182 g/mol. The molecule has 0 radical (unpaired) electrons. The molecule has 0 N–H and O–H groups in total. The maximum atomic E-state index is 11.6. The molecule has 3 atom stereocenters. The maximum absolute atomic E-state index is 11.6. The Bertz CT molecular complexity index is 310. The van der Waals surface area contributed by atoms with Gasteiger partial charge in [-0.15, -0.1) is 0 Å². The lowest BCUT2D eigenvalue weighted by Gasteiger charge is -2.26. The van der Waals surface area contributed by atoms with E-state index in [-0.39, 0.29) is 29.8 Å². The Balaban J connectivity index is 2.27. The third-order valence-electron chi connectivity index (χ3n) is 3.12. The largest absolute Gasteiger partial charge is 0.469 e. The molecule has 2 aliphatic rings. The molecule has 2 rings (SSSR count). The number of ketones is 1. The molecule has 4 heteroatoms. The quantitative estimate of drug-likeness (QED) is 0.552. The minimum Gasteiger partial charge on any atom is -0.469 e. The first-order valence-electron chi connectivity index (χ1n) is 4.67. The molecule has 0 amide bonds. The van der Waals surface area contributed by atoms with Crippen molar-refractivity contribution in [1.82, 2.24) is 4.90 Å². The van der Waals surface area contributed by atoms with E-state index in [4.69, 9.17) is 4.74 Å². The zero-order chi connectivity index (χ0) is 10.3. The number of methoxy groups -OCH3 is 1. The highest BCUT2D eigenvalue weighted by molar-refractivity contribution is 5.99. The van der Waals surface area contributed by atoms with Crippen LogP contribution in [0.2, 0.25) is 0 Å². The minimum absolute atomic E-state index is 0.0108. The molecule has 0 aliphatic carbocycles. The normalized spacial score (nSPS) is 36.1. The van der Waals surface area contributed by atoms with E-state index >= 15 is 0 Å². The Morgan fingerprint density at radius 2 is 2.36 bits per heavy atom. The zero-order valence-electron chi connectivity index (χ0n) is 8.27. The van der Waals surface area contributed by atoms with Gasteiger partial charge in [-0.1, -0.05) is 6.08 Å². The molecule has 2 bridgehead atoms. The van der Waals surface area contributed by atoms with Crippen LogP contribution in [0.25, 0.3) is 0 Å². The fourth-order valence-electron chi connectivity index (χ4n) is 2.34. The van der Waals surface area contributed by atoms with E-state index < -0.39 is 0 Å². The Morgan fingerprint density at radius 3 is 3.00 bits per heavy atom. The summed E-state index contributed by atoms with van der Waals surface area (Å²) >= 11 is 0. The van der Waals surface area contributed by atoms with E-state index in [0.717, 1.165) is 0 Å². The van der Waals surface area contributed by atoms with Crippen molar-refractivity contribution in [2.45, 2.75) is 18.5 Å². The van der Waals surface area contributed by atoms with E-state index in [1.54, 1.807) is 6.08 Å². The third kappa shape index (κ3) is 1.18. The number of carbonyl (C=O) groups excluding carboxylic acids is 2. The third-order valence-corrected chi connectivity index (χ3v) is 3.12. The van der Waals surface area contributed by atoms with Crippen molar-refractivity contribution in [1.29, 1.82) is 0 Å². The smallest absolute Gasteiger partial charge is 0.310 e. The average molecular weight is 195 g/mol. The predicted octanol–water partition coefficient (Wildman–Crippen LogP) is -0.0128. The molecule has 0 unspecified atom stereocenters. The number of rotatable bonds is 1. The topological polar surface area (TPSA) is 46.6 Å². The summed E-state index contributed by atoms with van der Waals surface area (Å²) in [5, 5.41) is 0. The Labute approximate surface area is 82.5 Å². The molecule has 1 fully saturated rings. The van der Waals surface area contributed by atoms with Crippen LogP contribution in [0.3, 0.4) is 0 Å². The van der Waals surface area contributed by atoms with Crippen molar-refractivity contribution < 1.29 is 14.3 Å². The summed E-state index contributed by atoms with van der Waals surface area (Å²) in [5.41, 5.74) is 0. The average Bonchev–Trinajstić information content (AvgIpc) is 2.39. The van der Waals surface area contributed by atoms with Crippen molar-refractivity contribution in [2.24, 2.45) is 5.92 Å². The molecule has 0 spiro atoms. The number of hydrogen-bond acceptors (Lipinski definition) is 4. The first kappa shape index (κ1) is 9.40. The van der Waals surface area contributed by atoms with Gasteiger partial charge >= 0.3 is 5.97 Å². The summed E-state index contributed by atoms with van der Waals surface area (Å²) in [5.74, 6) is -0.560. The Hall–Kier alpha value is -1.16. The van der Waals surface area contributed by atoms with Gasteiger partial charge in [0.1, 0.15) is 0 Å². The van der Waals surface area contributed by atoms with Gasteiger partial charge in [0.2, 0.25) is 0 Å². The number of esters is 1. The second-order valence-corrected chi connectivity index (χ2v) is 3.80. The van der Waals surface area contributed by atoms with Crippen LogP contribution < -0.4 is 0 Å². The van der Waals surface area contributed by atoms with Crippen LogP contribution in [0.5, 0.6) is 0 Å². The molecule has 14 heavy (non-hydrogen) atoms. The summed E-state index contributed by atoms with van der Waals surface area (Å²) in [6.45, 7) is 0. The molecule has 0 aromatic carbocycles. The molecular formula is C10H13NO3. The lowest BCUT2D eigenvalue weighted by molar-refractivity contribution is -0.147. The van der Waals surface area contributed by atoms with Crippen molar-refractivity contribution in [2.75, 3.05) is 14.2 Å². The summed E-state index contributed by atoms with van der Waals surface area (Å²) < 4.78 is 4.69. The van der Waals surface area contributed by atoms with E-state index in [1.807, 2.05) is 18.0 Å². The van der Waals surface area contributed by atoms with Crippen LogP contribution in [0.4, 0.5) is 0 Å². The maximum Gasteiger partial charge on any atom is 0.310 e. The van der Waals surface area contributed by atoms with Gasteiger partial charge in [-0.2, -0.15) is 0 Å². The summed E-state index contributed by atoms with van der Waals surface area (Å²) in [6, 6.07) is -0.0979. The van der Waals surface area contributed by atoms with E-state index in [2.05, 4.69) is 0 Å². The van der Waals surface area contributed by atoms with Crippen LogP contribution in [-0.2, 0) is 14.3 Å². The fraction of sp³-hybridized carbons (Fsp3) is 0.600. The number of fused-ring (bicyclic) bond motifs is 2. The fourth-order valence-corrected chi connectivity index (χ4v) is 2.34. The van der Waals surface area contributed by atoms with Crippen molar-refractivity contribution in [3.05, 3.63) is 12.2 Å². The Morgan fingerprint density at radius 1 is 1.64 bits per heavy atom. The van der Waals surface area contributed by atoms with Gasteiger partial charge in [-0.3, -0.25) is 14.5 Å². The molecule has 76 valence electrons. The molecule has 1 saturated heterocycles. The van der Waals surface area contributed by atoms with E-state index in [1.165, 1.54) is 7.11 Å². The SMILES string of the molecule is COC(=O)[C@H]1C[C@H]2C=CC(=O)[C@@H]1N2C. The van der Waals surface area contributed by atoms with Crippen molar-refractivity contribution in [3.8, 4) is 0 Å². The van der Waals surface area contributed by atoms with Gasteiger partial charge in [0.15, 0.2) is 5.78 Å². The lowest BCUT2D eigenvalue weighted by atomic mass is 9.98. The molecule has 0 saturated carbocycles. The highest BCUT2D eigenvalue weighted by Crippen LogP contribution is 2.33.